The summed E-state index contributed by atoms with van der Waals surface area (Å²) in [6.45, 7) is 10.5. The standard InChI is InChI=1S/C25H37NO8/c1-7-8-9-22(27)32-17(6)14-26-19(23(28)29)12-18-10-11-20(33-24(30)15(2)3)21(13-18)34-25(31)16(4)5/h10-11,13,15-17,19,26H,7-9,12,14H2,1-6H3,(H,28,29)/t17?,19-/m0/s1. The summed E-state index contributed by atoms with van der Waals surface area (Å²) in [6.07, 6.45) is 1.52. The average molecular weight is 480 g/mol. The zero-order chi connectivity index (χ0) is 25.8. The number of carboxylic acids is 1. The Kier molecular flexibility index (Phi) is 12.3. The number of carbonyl (C=O) groups is 4. The van der Waals surface area contributed by atoms with Crippen molar-refractivity contribution in [1.82, 2.24) is 5.32 Å². The van der Waals surface area contributed by atoms with E-state index in [0.717, 1.165) is 12.8 Å². The molecule has 2 atom stereocenters. The lowest BCUT2D eigenvalue weighted by molar-refractivity contribution is -0.148. The van der Waals surface area contributed by atoms with Gasteiger partial charge in [-0.25, -0.2) is 0 Å². The molecule has 0 saturated carbocycles. The molecule has 0 aliphatic rings. The summed E-state index contributed by atoms with van der Waals surface area (Å²) in [5.41, 5.74) is 0.559. The molecule has 0 bridgehead atoms. The second-order valence-electron chi connectivity index (χ2n) is 8.84. The van der Waals surface area contributed by atoms with Crippen LogP contribution in [0.15, 0.2) is 18.2 Å². The van der Waals surface area contributed by atoms with Gasteiger partial charge in [0.1, 0.15) is 12.1 Å². The highest BCUT2D eigenvalue weighted by Gasteiger charge is 2.22. The first kappa shape index (κ1) is 29.1. The van der Waals surface area contributed by atoms with Crippen LogP contribution in [0.1, 0.15) is 66.4 Å². The number of carbonyl (C=O) groups excluding carboxylic acids is 3. The summed E-state index contributed by atoms with van der Waals surface area (Å²) >= 11 is 0. The molecule has 0 amide bonds. The third-order valence-electron chi connectivity index (χ3n) is 4.83. The maximum atomic E-state index is 12.1. The van der Waals surface area contributed by atoms with Crippen LogP contribution in [0.4, 0.5) is 0 Å². The highest BCUT2D eigenvalue weighted by Crippen LogP contribution is 2.30. The largest absolute Gasteiger partial charge is 0.480 e. The Morgan fingerprint density at radius 1 is 0.941 bits per heavy atom. The van der Waals surface area contributed by atoms with Crippen molar-refractivity contribution in [2.45, 2.75) is 79.4 Å². The van der Waals surface area contributed by atoms with Crippen LogP contribution in [0, 0.1) is 11.8 Å². The van der Waals surface area contributed by atoms with Gasteiger partial charge in [-0.2, -0.15) is 0 Å². The number of carboxylic acid groups (broad SMARTS) is 1. The molecule has 190 valence electrons. The lowest BCUT2D eigenvalue weighted by Crippen LogP contribution is -2.42. The summed E-state index contributed by atoms with van der Waals surface area (Å²) in [7, 11) is 0. The van der Waals surface area contributed by atoms with Crippen LogP contribution in [0.2, 0.25) is 0 Å². The van der Waals surface area contributed by atoms with E-state index >= 15 is 0 Å². The van der Waals surface area contributed by atoms with Gasteiger partial charge in [0, 0.05) is 13.0 Å². The molecular formula is C25H37NO8. The normalized spacial score (nSPS) is 12.8. The highest BCUT2D eigenvalue weighted by molar-refractivity contribution is 5.78. The molecule has 0 heterocycles. The topological polar surface area (TPSA) is 128 Å². The summed E-state index contributed by atoms with van der Waals surface area (Å²) < 4.78 is 16.0. The molecule has 2 N–H and O–H groups in total. The maximum Gasteiger partial charge on any atom is 0.321 e. The van der Waals surface area contributed by atoms with Crippen LogP contribution in [0.25, 0.3) is 0 Å². The number of esters is 3. The number of rotatable bonds is 14. The van der Waals surface area contributed by atoms with Gasteiger partial charge >= 0.3 is 23.9 Å². The molecule has 0 saturated heterocycles. The van der Waals surface area contributed by atoms with E-state index in [0.29, 0.717) is 12.0 Å². The minimum atomic E-state index is -1.08. The molecule has 1 aromatic rings. The molecule has 0 aliphatic carbocycles. The van der Waals surface area contributed by atoms with Crippen LogP contribution in [-0.2, 0) is 30.3 Å². The molecule has 1 unspecified atom stereocenters. The Balaban J connectivity index is 2.95. The Bertz CT molecular complexity index is 849. The van der Waals surface area contributed by atoms with Crippen molar-refractivity contribution < 1.29 is 38.5 Å². The highest BCUT2D eigenvalue weighted by atomic mass is 16.6. The van der Waals surface area contributed by atoms with Gasteiger partial charge in [-0.3, -0.25) is 19.2 Å². The lowest BCUT2D eigenvalue weighted by Gasteiger charge is -2.19. The Morgan fingerprint density at radius 2 is 1.53 bits per heavy atom. The predicted octanol–water partition coefficient (Wildman–Crippen LogP) is 3.52. The third kappa shape index (κ3) is 10.3. The van der Waals surface area contributed by atoms with E-state index in [1.165, 1.54) is 12.1 Å². The first-order valence-corrected chi connectivity index (χ1v) is 11.7. The first-order valence-electron chi connectivity index (χ1n) is 11.7. The van der Waals surface area contributed by atoms with Crippen LogP contribution >= 0.6 is 0 Å². The predicted molar refractivity (Wildman–Crippen MR) is 126 cm³/mol. The maximum absolute atomic E-state index is 12.1. The Morgan fingerprint density at radius 3 is 2.06 bits per heavy atom. The Hall–Kier alpha value is -2.94. The second-order valence-corrected chi connectivity index (χ2v) is 8.84. The van der Waals surface area contributed by atoms with Gasteiger partial charge in [0.15, 0.2) is 11.5 Å². The van der Waals surface area contributed by atoms with Crippen LogP contribution < -0.4 is 14.8 Å². The summed E-state index contributed by atoms with van der Waals surface area (Å²) in [5.74, 6) is -3.05. The van der Waals surface area contributed by atoms with Gasteiger partial charge < -0.3 is 24.6 Å². The number of hydrogen-bond donors (Lipinski definition) is 2. The van der Waals surface area contributed by atoms with E-state index in [1.54, 1.807) is 40.7 Å². The average Bonchev–Trinajstić information content (AvgIpc) is 2.76. The SMILES string of the molecule is CCCCC(=O)OC(C)CN[C@@H](Cc1ccc(OC(=O)C(C)C)c(OC(=O)C(C)C)c1)C(=O)O. The minimum Gasteiger partial charge on any atom is -0.480 e. The fourth-order valence-electron chi connectivity index (χ4n) is 2.73. The van der Waals surface area contributed by atoms with Crippen molar-refractivity contribution in [3.05, 3.63) is 23.8 Å². The molecule has 0 fully saturated rings. The lowest BCUT2D eigenvalue weighted by atomic mass is 10.0. The summed E-state index contributed by atoms with van der Waals surface area (Å²) in [5, 5.41) is 12.5. The van der Waals surface area contributed by atoms with Crippen molar-refractivity contribution in [3.8, 4) is 11.5 Å². The zero-order valence-electron chi connectivity index (χ0n) is 20.9. The van der Waals surface area contributed by atoms with Crippen molar-refractivity contribution in [2.24, 2.45) is 11.8 Å². The van der Waals surface area contributed by atoms with Gasteiger partial charge in [-0.1, -0.05) is 47.1 Å². The van der Waals surface area contributed by atoms with Gasteiger partial charge in [0.2, 0.25) is 0 Å². The number of unbranched alkanes of at least 4 members (excludes halogenated alkanes) is 1. The van der Waals surface area contributed by atoms with Crippen molar-refractivity contribution in [3.63, 3.8) is 0 Å². The van der Waals surface area contributed by atoms with Crippen molar-refractivity contribution in [2.75, 3.05) is 6.54 Å². The number of hydrogen-bond acceptors (Lipinski definition) is 8. The minimum absolute atomic E-state index is 0.0487. The molecule has 1 rings (SSSR count). The summed E-state index contributed by atoms with van der Waals surface area (Å²) in [4.78, 5) is 47.7. The van der Waals surface area contributed by atoms with Crippen molar-refractivity contribution in [1.29, 1.82) is 0 Å². The third-order valence-corrected chi connectivity index (χ3v) is 4.83. The second kappa shape index (κ2) is 14.3. The fraction of sp³-hybridized carbons (Fsp3) is 0.600. The quantitative estimate of drug-likeness (QED) is 0.304. The number of ether oxygens (including phenoxy) is 3. The first-order chi connectivity index (χ1) is 15.9. The van der Waals surface area contributed by atoms with E-state index in [1.807, 2.05) is 6.92 Å². The molecule has 1 aromatic carbocycles. The van der Waals surface area contributed by atoms with Crippen LogP contribution in [0.5, 0.6) is 11.5 Å². The smallest absolute Gasteiger partial charge is 0.321 e. The summed E-state index contributed by atoms with van der Waals surface area (Å²) in [6, 6.07) is 3.61. The molecule has 0 radical (unpaired) electrons. The van der Waals surface area contributed by atoms with Gasteiger partial charge in [0.05, 0.1) is 11.8 Å². The monoisotopic (exact) mass is 479 g/mol. The van der Waals surface area contributed by atoms with Gasteiger partial charge in [0.25, 0.3) is 0 Å². The molecule has 0 aromatic heterocycles. The van der Waals surface area contributed by atoms with Gasteiger partial charge in [-0.15, -0.1) is 0 Å². The Labute approximate surface area is 201 Å². The molecule has 34 heavy (non-hydrogen) atoms. The molecule has 0 spiro atoms. The van der Waals surface area contributed by atoms with E-state index in [2.05, 4.69) is 5.32 Å². The molecule has 0 aliphatic heterocycles. The zero-order valence-corrected chi connectivity index (χ0v) is 20.9. The number of benzene rings is 1. The van der Waals surface area contributed by atoms with Crippen LogP contribution in [0.3, 0.4) is 0 Å². The van der Waals surface area contributed by atoms with E-state index in [9.17, 15) is 24.3 Å². The van der Waals surface area contributed by atoms with Crippen molar-refractivity contribution >= 4 is 23.9 Å². The fourth-order valence-corrected chi connectivity index (χ4v) is 2.73. The van der Waals surface area contributed by atoms with E-state index in [4.69, 9.17) is 14.2 Å². The number of aliphatic carboxylic acids is 1. The van der Waals surface area contributed by atoms with E-state index < -0.39 is 36.0 Å². The molecule has 9 nitrogen and oxygen atoms in total. The molecule has 9 heteroatoms. The molecular weight excluding hydrogens is 442 g/mol. The van der Waals surface area contributed by atoms with E-state index in [-0.39, 0.29) is 36.4 Å². The van der Waals surface area contributed by atoms with Gasteiger partial charge in [-0.05, 0) is 37.5 Å². The van der Waals surface area contributed by atoms with Crippen LogP contribution in [-0.4, -0.2) is 47.7 Å². The number of nitrogens with one attached hydrogen (secondary N) is 1.